The van der Waals surface area contributed by atoms with E-state index in [9.17, 15) is 4.79 Å². The van der Waals surface area contributed by atoms with Crippen molar-refractivity contribution in [1.82, 2.24) is 15.1 Å². The highest BCUT2D eigenvalue weighted by Crippen LogP contribution is 2.18. The minimum absolute atomic E-state index is 0.0515. The predicted molar refractivity (Wildman–Crippen MR) is 90.0 cm³/mol. The van der Waals surface area contributed by atoms with Gasteiger partial charge in [-0.2, -0.15) is 0 Å². The van der Waals surface area contributed by atoms with E-state index in [2.05, 4.69) is 29.1 Å². The molecule has 0 spiro atoms. The number of methoxy groups -OCH3 is 1. The lowest BCUT2D eigenvalue weighted by Crippen LogP contribution is -2.53. The summed E-state index contributed by atoms with van der Waals surface area (Å²) in [5.74, 6) is 1.55. The normalized spacial score (nSPS) is 19.3. The summed E-state index contributed by atoms with van der Waals surface area (Å²) in [7, 11) is 3.74. The summed E-state index contributed by atoms with van der Waals surface area (Å²) in [6.45, 7) is 6.51. The number of nitrogens with zero attached hydrogens (tertiary/aromatic N) is 2. The smallest absolute Gasteiger partial charge is 0.234 e. The number of ether oxygens (including phenoxy) is 2. The van der Waals surface area contributed by atoms with Gasteiger partial charge in [0.05, 0.1) is 20.2 Å². The molecule has 1 aliphatic heterocycles. The average molecular weight is 321 g/mol. The number of hydrogen-bond donors (Lipinski definition) is 1. The highest BCUT2D eigenvalue weighted by Gasteiger charge is 2.22. The molecule has 0 bridgehead atoms. The van der Waals surface area contributed by atoms with Crippen molar-refractivity contribution in [2.45, 2.75) is 13.0 Å². The Balaban J connectivity index is 1.64. The minimum Gasteiger partial charge on any atom is -0.497 e. The molecule has 1 aliphatic rings. The van der Waals surface area contributed by atoms with E-state index >= 15 is 0 Å². The van der Waals surface area contributed by atoms with Gasteiger partial charge < -0.3 is 19.7 Å². The van der Waals surface area contributed by atoms with Crippen LogP contribution in [-0.2, 0) is 4.79 Å². The van der Waals surface area contributed by atoms with Crippen LogP contribution in [0.4, 0.5) is 0 Å². The summed E-state index contributed by atoms with van der Waals surface area (Å²) in [4.78, 5) is 16.5. The van der Waals surface area contributed by atoms with Gasteiger partial charge in [-0.1, -0.05) is 6.07 Å². The van der Waals surface area contributed by atoms with Crippen LogP contribution in [0.5, 0.6) is 11.5 Å². The van der Waals surface area contributed by atoms with Crippen LogP contribution < -0.4 is 14.8 Å². The number of benzene rings is 1. The molecule has 1 amide bonds. The molecule has 1 aromatic rings. The first kappa shape index (κ1) is 17.6. The molecule has 1 heterocycles. The van der Waals surface area contributed by atoms with Crippen LogP contribution in [-0.4, -0.2) is 75.2 Å². The maximum atomic E-state index is 12.0. The van der Waals surface area contributed by atoms with Crippen molar-refractivity contribution in [3.8, 4) is 11.5 Å². The second-order valence-electron chi connectivity index (χ2n) is 5.96. The van der Waals surface area contributed by atoms with Crippen molar-refractivity contribution in [2.24, 2.45) is 0 Å². The summed E-state index contributed by atoms with van der Waals surface area (Å²) >= 11 is 0. The van der Waals surface area contributed by atoms with E-state index in [1.54, 1.807) is 7.11 Å². The maximum Gasteiger partial charge on any atom is 0.234 e. The fourth-order valence-electron chi connectivity index (χ4n) is 2.70. The molecule has 1 atom stereocenters. The number of piperazine rings is 1. The van der Waals surface area contributed by atoms with Crippen LogP contribution in [0.1, 0.15) is 6.92 Å². The summed E-state index contributed by atoms with van der Waals surface area (Å²) in [5.41, 5.74) is 0. The fourth-order valence-corrected chi connectivity index (χ4v) is 2.70. The van der Waals surface area contributed by atoms with E-state index in [-0.39, 0.29) is 5.91 Å². The van der Waals surface area contributed by atoms with Crippen molar-refractivity contribution < 1.29 is 14.3 Å². The molecule has 23 heavy (non-hydrogen) atoms. The lowest BCUT2D eigenvalue weighted by molar-refractivity contribution is -0.123. The lowest BCUT2D eigenvalue weighted by Gasteiger charge is -2.37. The third kappa shape index (κ3) is 5.73. The molecule has 2 rings (SSSR count). The lowest BCUT2D eigenvalue weighted by atomic mass is 10.2. The molecule has 0 aromatic heterocycles. The largest absolute Gasteiger partial charge is 0.497 e. The molecule has 1 aromatic carbocycles. The topological polar surface area (TPSA) is 54.0 Å². The van der Waals surface area contributed by atoms with Gasteiger partial charge in [-0.05, 0) is 26.1 Å². The molecule has 128 valence electrons. The zero-order valence-corrected chi connectivity index (χ0v) is 14.2. The molecule has 0 unspecified atom stereocenters. The number of hydrogen-bond acceptors (Lipinski definition) is 5. The number of nitrogens with one attached hydrogen (secondary N) is 1. The monoisotopic (exact) mass is 321 g/mol. The van der Waals surface area contributed by atoms with Gasteiger partial charge >= 0.3 is 0 Å². The standard InChI is InChI=1S/C17H27N3O3/c1-14-12-19(2)8-9-20(14)13-17(21)18-7-10-23-16-6-4-5-15(11-16)22-3/h4-6,11,14H,7-10,12-13H2,1-3H3,(H,18,21)/t14-/m1/s1. The summed E-state index contributed by atoms with van der Waals surface area (Å²) in [6.07, 6.45) is 0. The molecule has 1 fully saturated rings. The third-order valence-electron chi connectivity index (χ3n) is 4.05. The van der Waals surface area contributed by atoms with Crippen molar-refractivity contribution in [3.63, 3.8) is 0 Å². The second-order valence-corrected chi connectivity index (χ2v) is 5.96. The fraction of sp³-hybridized carbons (Fsp3) is 0.588. The van der Waals surface area contributed by atoms with Crippen LogP contribution >= 0.6 is 0 Å². The van der Waals surface area contributed by atoms with Crippen LogP contribution in [0.2, 0.25) is 0 Å². The summed E-state index contributed by atoms with van der Waals surface area (Å²) in [6, 6.07) is 7.85. The van der Waals surface area contributed by atoms with Crippen LogP contribution in [0.25, 0.3) is 0 Å². The number of amides is 1. The van der Waals surface area contributed by atoms with E-state index < -0.39 is 0 Å². The Morgan fingerprint density at radius 1 is 1.35 bits per heavy atom. The summed E-state index contributed by atoms with van der Waals surface area (Å²) < 4.78 is 10.8. The van der Waals surface area contributed by atoms with Gasteiger partial charge in [0.1, 0.15) is 18.1 Å². The minimum atomic E-state index is 0.0515. The van der Waals surface area contributed by atoms with Crippen LogP contribution in [0, 0.1) is 0 Å². The first-order valence-corrected chi connectivity index (χ1v) is 8.04. The molecule has 6 nitrogen and oxygen atoms in total. The molecule has 6 heteroatoms. The molecule has 0 aliphatic carbocycles. The van der Waals surface area contributed by atoms with E-state index in [1.807, 2.05) is 24.3 Å². The second kappa shape index (κ2) is 8.74. The molecular weight excluding hydrogens is 294 g/mol. The number of carbonyl (C=O) groups excluding carboxylic acids is 1. The van der Waals surface area contributed by atoms with E-state index in [4.69, 9.17) is 9.47 Å². The van der Waals surface area contributed by atoms with Gasteiger partial charge in [0, 0.05) is 31.7 Å². The van der Waals surface area contributed by atoms with Crippen molar-refractivity contribution in [3.05, 3.63) is 24.3 Å². The molecule has 0 radical (unpaired) electrons. The zero-order chi connectivity index (χ0) is 16.7. The predicted octanol–water partition coefficient (Wildman–Crippen LogP) is 0.826. The average Bonchev–Trinajstić information content (AvgIpc) is 2.54. The highest BCUT2D eigenvalue weighted by atomic mass is 16.5. The van der Waals surface area contributed by atoms with Gasteiger partial charge in [0.15, 0.2) is 0 Å². The number of likely N-dealkylation sites (N-methyl/N-ethyl adjacent to an activating group) is 1. The summed E-state index contributed by atoms with van der Waals surface area (Å²) in [5, 5.41) is 2.91. The van der Waals surface area contributed by atoms with Gasteiger partial charge in [-0.25, -0.2) is 0 Å². The first-order valence-electron chi connectivity index (χ1n) is 8.04. The molecule has 1 saturated heterocycles. The highest BCUT2D eigenvalue weighted by molar-refractivity contribution is 5.78. The van der Waals surface area contributed by atoms with E-state index in [1.165, 1.54) is 0 Å². The third-order valence-corrected chi connectivity index (χ3v) is 4.05. The Labute approximate surface area is 138 Å². The molecule has 1 N–H and O–H groups in total. The maximum absolute atomic E-state index is 12.0. The van der Waals surface area contributed by atoms with Gasteiger partial charge in [0.2, 0.25) is 5.91 Å². The Morgan fingerprint density at radius 3 is 2.87 bits per heavy atom. The van der Waals surface area contributed by atoms with Gasteiger partial charge in [-0.3, -0.25) is 9.69 Å². The Morgan fingerprint density at radius 2 is 2.13 bits per heavy atom. The van der Waals surface area contributed by atoms with Gasteiger partial charge in [0.25, 0.3) is 0 Å². The van der Waals surface area contributed by atoms with Gasteiger partial charge in [-0.15, -0.1) is 0 Å². The quantitative estimate of drug-likeness (QED) is 0.754. The SMILES string of the molecule is COc1cccc(OCCNC(=O)CN2CCN(C)C[C@H]2C)c1. The van der Waals surface area contributed by atoms with Crippen molar-refractivity contribution in [1.29, 1.82) is 0 Å². The Kier molecular flexibility index (Phi) is 6.67. The van der Waals surface area contributed by atoms with Crippen LogP contribution in [0.15, 0.2) is 24.3 Å². The first-order chi connectivity index (χ1) is 11.1. The van der Waals surface area contributed by atoms with Crippen molar-refractivity contribution in [2.75, 3.05) is 53.5 Å². The van der Waals surface area contributed by atoms with Crippen LogP contribution in [0.3, 0.4) is 0 Å². The van der Waals surface area contributed by atoms with E-state index in [0.717, 1.165) is 31.1 Å². The van der Waals surface area contributed by atoms with E-state index in [0.29, 0.717) is 25.7 Å². The molecular formula is C17H27N3O3. The Bertz CT molecular complexity index is 510. The number of carbonyl (C=O) groups is 1. The number of rotatable bonds is 7. The Hall–Kier alpha value is -1.79. The van der Waals surface area contributed by atoms with Crippen molar-refractivity contribution >= 4 is 5.91 Å². The zero-order valence-electron chi connectivity index (χ0n) is 14.2. The molecule has 0 saturated carbocycles.